The van der Waals surface area contributed by atoms with E-state index in [1.807, 2.05) is 0 Å². The maximum Gasteiger partial charge on any atom is 0.159 e. The molecule has 0 N–H and O–H groups in total. The van der Waals surface area contributed by atoms with Crippen molar-refractivity contribution in [1.29, 1.82) is 0 Å². The van der Waals surface area contributed by atoms with Gasteiger partial charge in [0.15, 0.2) is 17.9 Å². The minimum atomic E-state index is -1.04. The van der Waals surface area contributed by atoms with E-state index in [0.29, 0.717) is 30.6 Å². The lowest BCUT2D eigenvalue weighted by molar-refractivity contribution is 0.112. The van der Waals surface area contributed by atoms with Crippen molar-refractivity contribution in [2.75, 3.05) is 13.7 Å². The molecule has 0 aliphatic heterocycles. The number of aryl methyl sites for hydroxylation is 1. The molecule has 0 aliphatic rings. The number of carbonyl (C=O) groups is 1. The summed E-state index contributed by atoms with van der Waals surface area (Å²) in [4.78, 5) is 10.9. The highest BCUT2D eigenvalue weighted by atomic mass is 19.2. The number of methoxy groups -OCH3 is 1. The molecular weight excluding hydrogens is 266 g/mol. The number of carbonyl (C=O) groups excluding carboxylic acids is 1. The van der Waals surface area contributed by atoms with Crippen LogP contribution in [0.1, 0.15) is 16.8 Å². The fraction of sp³-hybridized carbons (Fsp3) is 0.286. The zero-order chi connectivity index (χ0) is 14.5. The lowest BCUT2D eigenvalue weighted by Crippen LogP contribution is -2.01. The molecule has 0 aliphatic carbocycles. The van der Waals surface area contributed by atoms with Crippen LogP contribution in [0.25, 0.3) is 11.1 Å². The molecule has 106 valence electrons. The number of aldehydes is 1. The van der Waals surface area contributed by atoms with Gasteiger partial charge in [-0.25, -0.2) is 8.78 Å². The topological polar surface area (TPSA) is 44.1 Å². The average Bonchev–Trinajstić information content (AvgIpc) is 2.90. The first-order valence-corrected chi connectivity index (χ1v) is 6.11. The van der Waals surface area contributed by atoms with E-state index in [9.17, 15) is 13.6 Å². The molecule has 1 aromatic carbocycles. The van der Waals surface area contributed by atoms with E-state index < -0.39 is 11.6 Å². The molecule has 1 aromatic heterocycles. The highest BCUT2D eigenvalue weighted by Crippen LogP contribution is 2.25. The average molecular weight is 280 g/mol. The summed E-state index contributed by atoms with van der Waals surface area (Å²) in [6.07, 6.45) is 4.50. The molecule has 0 unspecified atom stereocenters. The minimum absolute atomic E-state index is 0.0975. The van der Waals surface area contributed by atoms with Crippen LogP contribution in [-0.2, 0) is 11.3 Å². The van der Waals surface area contributed by atoms with Gasteiger partial charge < -0.3 is 4.74 Å². The van der Waals surface area contributed by atoms with E-state index in [1.165, 1.54) is 6.20 Å². The summed E-state index contributed by atoms with van der Waals surface area (Å²) in [5.41, 5.74) is 1.00. The number of ether oxygens (including phenoxy) is 1. The Labute approximate surface area is 115 Å². The quantitative estimate of drug-likeness (QED) is 0.603. The third-order valence-electron chi connectivity index (χ3n) is 2.90. The predicted molar refractivity (Wildman–Crippen MR) is 69.5 cm³/mol. The molecule has 0 amide bonds. The highest BCUT2D eigenvalue weighted by molar-refractivity contribution is 5.87. The largest absolute Gasteiger partial charge is 0.385 e. The third-order valence-corrected chi connectivity index (χ3v) is 2.90. The third kappa shape index (κ3) is 3.08. The molecule has 0 saturated heterocycles. The van der Waals surface area contributed by atoms with Crippen LogP contribution in [0.15, 0.2) is 24.5 Å². The zero-order valence-electron chi connectivity index (χ0n) is 11.0. The summed E-state index contributed by atoms with van der Waals surface area (Å²) >= 11 is 0. The second-order valence-electron chi connectivity index (χ2n) is 4.31. The molecule has 0 saturated carbocycles. The molecule has 0 spiro atoms. The van der Waals surface area contributed by atoms with Crippen LogP contribution in [0.4, 0.5) is 8.78 Å². The van der Waals surface area contributed by atoms with Crippen molar-refractivity contribution in [2.24, 2.45) is 0 Å². The molecule has 0 radical (unpaired) electrons. The first kappa shape index (κ1) is 14.3. The number of benzene rings is 1. The van der Waals surface area contributed by atoms with Crippen molar-refractivity contribution in [1.82, 2.24) is 9.78 Å². The Hall–Kier alpha value is -2.08. The molecular formula is C14H14F2N2O2. The van der Waals surface area contributed by atoms with Gasteiger partial charge in [-0.1, -0.05) is 0 Å². The van der Waals surface area contributed by atoms with Crippen molar-refractivity contribution < 1.29 is 18.3 Å². The Balaban J connectivity index is 2.27. The summed E-state index contributed by atoms with van der Waals surface area (Å²) in [6, 6.07) is 1.90. The lowest BCUT2D eigenvalue weighted by Gasteiger charge is -2.03. The van der Waals surface area contributed by atoms with Crippen LogP contribution in [-0.4, -0.2) is 29.8 Å². The van der Waals surface area contributed by atoms with Gasteiger partial charge in [-0.05, 0) is 24.1 Å². The molecule has 6 heteroatoms. The number of aromatic nitrogens is 2. The molecule has 0 atom stereocenters. The second kappa shape index (κ2) is 6.38. The van der Waals surface area contributed by atoms with Gasteiger partial charge in [0.25, 0.3) is 0 Å². The number of nitrogens with zero attached hydrogens (tertiary/aromatic N) is 2. The standard InChI is InChI=1S/C14H14F2N2O2/c1-20-4-2-3-18-8-11(7-17-18)12-6-14(16)13(15)5-10(12)9-19/h5-9H,2-4H2,1H3. The van der Waals surface area contributed by atoms with Gasteiger partial charge in [-0.2, -0.15) is 5.10 Å². The molecule has 4 nitrogen and oxygen atoms in total. The second-order valence-corrected chi connectivity index (χ2v) is 4.31. The first-order valence-electron chi connectivity index (χ1n) is 6.11. The molecule has 0 fully saturated rings. The van der Waals surface area contributed by atoms with Gasteiger partial charge in [-0.3, -0.25) is 9.48 Å². The van der Waals surface area contributed by atoms with Gasteiger partial charge in [0.2, 0.25) is 0 Å². The van der Waals surface area contributed by atoms with Crippen molar-refractivity contribution in [3.8, 4) is 11.1 Å². The molecule has 20 heavy (non-hydrogen) atoms. The Morgan fingerprint density at radius 2 is 2.10 bits per heavy atom. The van der Waals surface area contributed by atoms with E-state index in [1.54, 1.807) is 18.0 Å². The number of hydrogen-bond acceptors (Lipinski definition) is 3. The van der Waals surface area contributed by atoms with E-state index in [-0.39, 0.29) is 5.56 Å². The molecule has 0 bridgehead atoms. The maximum absolute atomic E-state index is 13.3. The van der Waals surface area contributed by atoms with Crippen LogP contribution in [0.3, 0.4) is 0 Å². The van der Waals surface area contributed by atoms with Gasteiger partial charge in [0, 0.05) is 37.6 Å². The van der Waals surface area contributed by atoms with Crippen LogP contribution >= 0.6 is 0 Å². The van der Waals surface area contributed by atoms with Gasteiger partial charge >= 0.3 is 0 Å². The van der Waals surface area contributed by atoms with Crippen molar-refractivity contribution in [3.63, 3.8) is 0 Å². The zero-order valence-corrected chi connectivity index (χ0v) is 11.0. The number of rotatable bonds is 6. The predicted octanol–water partition coefficient (Wildman–Crippen LogP) is 2.68. The Kier molecular flexibility index (Phi) is 4.57. The fourth-order valence-electron chi connectivity index (χ4n) is 1.91. The highest BCUT2D eigenvalue weighted by Gasteiger charge is 2.12. The van der Waals surface area contributed by atoms with Crippen LogP contribution in [0.5, 0.6) is 0 Å². The fourth-order valence-corrected chi connectivity index (χ4v) is 1.91. The summed E-state index contributed by atoms with van der Waals surface area (Å²) in [5.74, 6) is -2.03. The lowest BCUT2D eigenvalue weighted by atomic mass is 10.0. The van der Waals surface area contributed by atoms with Gasteiger partial charge in [-0.15, -0.1) is 0 Å². The van der Waals surface area contributed by atoms with E-state index >= 15 is 0 Å². The number of halogens is 2. The molecule has 2 rings (SSSR count). The normalized spacial score (nSPS) is 10.8. The summed E-state index contributed by atoms with van der Waals surface area (Å²) in [5, 5.41) is 4.12. The van der Waals surface area contributed by atoms with E-state index in [0.717, 1.165) is 18.6 Å². The Morgan fingerprint density at radius 1 is 1.35 bits per heavy atom. The monoisotopic (exact) mass is 280 g/mol. The van der Waals surface area contributed by atoms with Gasteiger partial charge in [0.05, 0.1) is 6.20 Å². The minimum Gasteiger partial charge on any atom is -0.385 e. The van der Waals surface area contributed by atoms with E-state index in [2.05, 4.69) is 5.10 Å². The Bertz CT molecular complexity index is 611. The smallest absolute Gasteiger partial charge is 0.159 e. The molecule has 2 aromatic rings. The van der Waals surface area contributed by atoms with Crippen LogP contribution < -0.4 is 0 Å². The maximum atomic E-state index is 13.3. The van der Waals surface area contributed by atoms with Gasteiger partial charge in [0.1, 0.15) is 0 Å². The van der Waals surface area contributed by atoms with Crippen LogP contribution in [0.2, 0.25) is 0 Å². The number of hydrogen-bond donors (Lipinski definition) is 0. The first-order chi connectivity index (χ1) is 9.65. The molecule has 1 heterocycles. The SMILES string of the molecule is COCCCn1cc(-c2cc(F)c(F)cc2C=O)cn1. The Morgan fingerprint density at radius 3 is 2.80 bits per heavy atom. The van der Waals surface area contributed by atoms with Crippen molar-refractivity contribution in [3.05, 3.63) is 41.7 Å². The van der Waals surface area contributed by atoms with Crippen LogP contribution in [0, 0.1) is 11.6 Å². The van der Waals surface area contributed by atoms with E-state index in [4.69, 9.17) is 4.74 Å². The van der Waals surface area contributed by atoms with Crippen molar-refractivity contribution in [2.45, 2.75) is 13.0 Å². The van der Waals surface area contributed by atoms with Crippen molar-refractivity contribution >= 4 is 6.29 Å². The summed E-state index contributed by atoms with van der Waals surface area (Å²) in [6.45, 7) is 1.26. The summed E-state index contributed by atoms with van der Waals surface area (Å²) in [7, 11) is 1.62. The summed E-state index contributed by atoms with van der Waals surface area (Å²) < 4.78 is 33.0.